The highest BCUT2D eigenvalue weighted by Crippen LogP contribution is 2.26. The predicted octanol–water partition coefficient (Wildman–Crippen LogP) is 3.80. The van der Waals surface area contributed by atoms with Crippen LogP contribution in [0.15, 0.2) is 22.7 Å². The van der Waals surface area contributed by atoms with Crippen molar-refractivity contribution in [1.29, 1.82) is 0 Å². The number of methoxy groups -OCH3 is 1. The summed E-state index contributed by atoms with van der Waals surface area (Å²) in [5, 5.41) is 3.36. The van der Waals surface area contributed by atoms with Crippen LogP contribution in [-0.4, -0.2) is 33.4 Å². The Balaban J connectivity index is 2.22. The quantitative estimate of drug-likeness (QED) is 0.620. The summed E-state index contributed by atoms with van der Waals surface area (Å²) >= 11 is 3.58. The molecule has 0 aliphatic rings. The van der Waals surface area contributed by atoms with Crippen LogP contribution in [0, 0.1) is 0 Å². The van der Waals surface area contributed by atoms with Crippen LogP contribution in [0.4, 0.5) is 0 Å². The van der Waals surface area contributed by atoms with Crippen molar-refractivity contribution in [1.82, 2.24) is 5.32 Å². The fourth-order valence-electron chi connectivity index (χ4n) is 1.91. The largest absolute Gasteiger partial charge is 0.492 e. The van der Waals surface area contributed by atoms with Crippen molar-refractivity contribution in [3.63, 3.8) is 0 Å². The lowest BCUT2D eigenvalue weighted by Crippen LogP contribution is -2.20. The van der Waals surface area contributed by atoms with E-state index in [0.29, 0.717) is 0 Å². The summed E-state index contributed by atoms with van der Waals surface area (Å²) in [4.78, 5) is 0. The Morgan fingerprint density at radius 3 is 2.70 bits per heavy atom. The van der Waals surface area contributed by atoms with Gasteiger partial charge in [-0.05, 0) is 65.9 Å². The molecule has 4 heteroatoms. The smallest absolute Gasteiger partial charge is 0.133 e. The summed E-state index contributed by atoms with van der Waals surface area (Å²) in [6.07, 6.45) is 4.53. The maximum atomic E-state index is 5.65. The molecule has 20 heavy (non-hydrogen) atoms. The predicted molar refractivity (Wildman–Crippen MR) is 87.6 cm³/mol. The van der Waals surface area contributed by atoms with Gasteiger partial charge in [-0.15, -0.1) is 0 Å². The van der Waals surface area contributed by atoms with Crippen molar-refractivity contribution in [2.24, 2.45) is 0 Å². The van der Waals surface area contributed by atoms with Gasteiger partial charge in [-0.3, -0.25) is 0 Å². The highest BCUT2D eigenvalue weighted by molar-refractivity contribution is 9.10. The van der Waals surface area contributed by atoms with Crippen molar-refractivity contribution in [2.45, 2.75) is 32.6 Å². The second-order valence-electron chi connectivity index (χ2n) is 4.81. The molecule has 3 nitrogen and oxygen atoms in total. The van der Waals surface area contributed by atoms with E-state index in [9.17, 15) is 0 Å². The van der Waals surface area contributed by atoms with Gasteiger partial charge in [-0.25, -0.2) is 0 Å². The first-order valence-corrected chi connectivity index (χ1v) is 8.18. The number of ether oxygens (including phenoxy) is 2. The molecule has 0 fully saturated rings. The maximum absolute atomic E-state index is 5.65. The second kappa shape index (κ2) is 11.1. The molecule has 0 aliphatic carbocycles. The summed E-state index contributed by atoms with van der Waals surface area (Å²) in [6, 6.07) is 6.39. The lowest BCUT2D eigenvalue weighted by molar-refractivity contribution is 0.199. The molecule has 0 aromatic heterocycles. The molecule has 0 saturated heterocycles. The van der Waals surface area contributed by atoms with Gasteiger partial charge in [0.05, 0.1) is 17.7 Å². The Bertz CT molecular complexity index is 371. The third-order valence-corrected chi connectivity index (χ3v) is 3.63. The average molecular weight is 344 g/mol. The molecule has 114 valence electrons. The number of benzene rings is 1. The van der Waals surface area contributed by atoms with Gasteiger partial charge in [-0.1, -0.05) is 13.0 Å². The van der Waals surface area contributed by atoms with Crippen LogP contribution in [-0.2, 0) is 11.2 Å². The normalized spacial score (nSPS) is 10.8. The van der Waals surface area contributed by atoms with E-state index in [1.807, 2.05) is 0 Å². The third-order valence-electron chi connectivity index (χ3n) is 3.01. The highest BCUT2D eigenvalue weighted by Gasteiger charge is 2.02. The van der Waals surface area contributed by atoms with Gasteiger partial charge >= 0.3 is 0 Å². The van der Waals surface area contributed by atoms with E-state index in [2.05, 4.69) is 46.4 Å². The van der Waals surface area contributed by atoms with Gasteiger partial charge < -0.3 is 14.8 Å². The van der Waals surface area contributed by atoms with Crippen molar-refractivity contribution in [3.8, 4) is 5.75 Å². The number of nitrogens with one attached hydrogen (secondary N) is 1. The van der Waals surface area contributed by atoms with Crippen molar-refractivity contribution >= 4 is 15.9 Å². The standard InChI is InChI=1S/C16H26BrNO2/c1-3-11-20-16-8-7-14(13-15(16)17)6-4-5-9-18-10-12-19-2/h7-8,13,18H,3-6,9-12H2,1-2H3. The van der Waals surface area contributed by atoms with Crippen molar-refractivity contribution in [3.05, 3.63) is 28.2 Å². The average Bonchev–Trinajstić information content (AvgIpc) is 2.45. The van der Waals surface area contributed by atoms with E-state index in [1.165, 1.54) is 18.4 Å². The van der Waals surface area contributed by atoms with Gasteiger partial charge in [0.2, 0.25) is 0 Å². The number of hydrogen-bond donors (Lipinski definition) is 1. The van der Waals surface area contributed by atoms with Crippen molar-refractivity contribution in [2.75, 3.05) is 33.4 Å². The first kappa shape index (κ1) is 17.5. The molecule has 1 N–H and O–H groups in total. The molecular formula is C16H26BrNO2. The molecule has 0 unspecified atom stereocenters. The van der Waals surface area contributed by atoms with Crippen LogP contribution in [0.1, 0.15) is 31.7 Å². The first-order chi connectivity index (χ1) is 9.77. The number of rotatable bonds is 11. The Hall–Kier alpha value is -0.580. The van der Waals surface area contributed by atoms with Crippen LogP contribution >= 0.6 is 15.9 Å². The zero-order valence-corrected chi connectivity index (χ0v) is 14.2. The third kappa shape index (κ3) is 7.27. The van der Waals surface area contributed by atoms with Gasteiger partial charge in [0.25, 0.3) is 0 Å². The zero-order valence-electron chi connectivity index (χ0n) is 12.6. The van der Waals surface area contributed by atoms with E-state index >= 15 is 0 Å². The Morgan fingerprint density at radius 1 is 1.15 bits per heavy atom. The number of hydrogen-bond acceptors (Lipinski definition) is 3. The second-order valence-corrected chi connectivity index (χ2v) is 5.67. The minimum Gasteiger partial charge on any atom is -0.492 e. The first-order valence-electron chi connectivity index (χ1n) is 7.38. The Kier molecular flexibility index (Phi) is 9.71. The summed E-state index contributed by atoms with van der Waals surface area (Å²) in [5.41, 5.74) is 1.36. The van der Waals surface area contributed by atoms with Crippen LogP contribution in [0.3, 0.4) is 0 Å². The molecule has 0 saturated carbocycles. The van der Waals surface area contributed by atoms with Gasteiger partial charge in [0, 0.05) is 13.7 Å². The minimum atomic E-state index is 0.769. The summed E-state index contributed by atoms with van der Waals surface area (Å²) in [7, 11) is 1.73. The van der Waals surface area contributed by atoms with E-state index < -0.39 is 0 Å². The fraction of sp³-hybridized carbons (Fsp3) is 0.625. The molecule has 0 atom stereocenters. The maximum Gasteiger partial charge on any atom is 0.133 e. The van der Waals surface area contributed by atoms with E-state index in [-0.39, 0.29) is 0 Å². The van der Waals surface area contributed by atoms with E-state index in [1.54, 1.807) is 7.11 Å². The highest BCUT2D eigenvalue weighted by atomic mass is 79.9. The van der Waals surface area contributed by atoms with Gasteiger partial charge in [-0.2, -0.15) is 0 Å². The van der Waals surface area contributed by atoms with E-state index in [0.717, 1.165) is 49.4 Å². The monoisotopic (exact) mass is 343 g/mol. The molecule has 1 aromatic rings. The molecular weight excluding hydrogens is 318 g/mol. The Labute approximate surface area is 131 Å². The molecule has 0 radical (unpaired) electrons. The molecule has 0 aliphatic heterocycles. The molecule has 1 aromatic carbocycles. The fourth-order valence-corrected chi connectivity index (χ4v) is 2.45. The van der Waals surface area contributed by atoms with Crippen LogP contribution in [0.25, 0.3) is 0 Å². The topological polar surface area (TPSA) is 30.5 Å². The Morgan fingerprint density at radius 2 is 2.00 bits per heavy atom. The molecule has 0 heterocycles. The molecule has 0 spiro atoms. The molecule has 0 bridgehead atoms. The lowest BCUT2D eigenvalue weighted by Gasteiger charge is -2.09. The molecule has 1 rings (SSSR count). The SMILES string of the molecule is CCCOc1ccc(CCCCNCCOC)cc1Br. The van der Waals surface area contributed by atoms with Crippen molar-refractivity contribution < 1.29 is 9.47 Å². The summed E-state index contributed by atoms with van der Waals surface area (Å²) in [6.45, 7) is 5.66. The zero-order chi connectivity index (χ0) is 14.6. The van der Waals surface area contributed by atoms with Crippen LogP contribution in [0.2, 0.25) is 0 Å². The van der Waals surface area contributed by atoms with E-state index in [4.69, 9.17) is 9.47 Å². The summed E-state index contributed by atoms with van der Waals surface area (Å²) < 4.78 is 11.7. The van der Waals surface area contributed by atoms with Crippen LogP contribution in [0.5, 0.6) is 5.75 Å². The van der Waals surface area contributed by atoms with Gasteiger partial charge in [0.15, 0.2) is 0 Å². The number of unbranched alkanes of at least 4 members (excludes halogenated alkanes) is 1. The molecule has 0 amide bonds. The minimum absolute atomic E-state index is 0.769. The summed E-state index contributed by atoms with van der Waals surface area (Å²) in [5.74, 6) is 0.942. The lowest BCUT2D eigenvalue weighted by atomic mass is 10.1. The van der Waals surface area contributed by atoms with Crippen LogP contribution < -0.4 is 10.1 Å². The number of aryl methyl sites for hydroxylation is 1. The number of halogens is 1. The van der Waals surface area contributed by atoms with Gasteiger partial charge in [0.1, 0.15) is 5.75 Å².